The summed E-state index contributed by atoms with van der Waals surface area (Å²) >= 11 is 0. The van der Waals surface area contributed by atoms with Gasteiger partial charge in [0, 0.05) is 18.8 Å². The molecule has 1 aliphatic carbocycles. The van der Waals surface area contributed by atoms with Gasteiger partial charge in [-0.2, -0.15) is 0 Å². The van der Waals surface area contributed by atoms with Crippen molar-refractivity contribution in [3.05, 3.63) is 0 Å². The molecule has 0 aromatic heterocycles. The number of hydrogen-bond donors (Lipinski definition) is 0. The van der Waals surface area contributed by atoms with Crippen LogP contribution in [0.5, 0.6) is 0 Å². The van der Waals surface area contributed by atoms with Crippen LogP contribution in [0.25, 0.3) is 0 Å². The molecule has 74 valence electrons. The Morgan fingerprint density at radius 1 is 1.38 bits per heavy atom. The lowest BCUT2D eigenvalue weighted by atomic mass is 9.80. The molecule has 0 bridgehead atoms. The van der Waals surface area contributed by atoms with Gasteiger partial charge < -0.3 is 4.79 Å². The van der Waals surface area contributed by atoms with Gasteiger partial charge in [-0.15, -0.1) is 0 Å². The van der Waals surface area contributed by atoms with Gasteiger partial charge in [0.15, 0.2) is 0 Å². The molecule has 0 heterocycles. The first-order valence-corrected chi connectivity index (χ1v) is 4.40. The van der Waals surface area contributed by atoms with Crippen LogP contribution >= 0.6 is 0 Å². The molecule has 2 atom stereocenters. The highest BCUT2D eigenvalue weighted by atomic mass is 16.1. The van der Waals surface area contributed by atoms with E-state index in [0.717, 1.165) is 6.42 Å². The van der Waals surface area contributed by atoms with Crippen LogP contribution in [0.2, 0.25) is 0 Å². The van der Waals surface area contributed by atoms with Crippen molar-refractivity contribution in [1.29, 1.82) is 0 Å². The summed E-state index contributed by atoms with van der Waals surface area (Å²) < 4.78 is 0. The van der Waals surface area contributed by atoms with Crippen molar-refractivity contribution in [2.24, 2.45) is 11.8 Å². The van der Waals surface area contributed by atoms with Crippen LogP contribution in [0.15, 0.2) is 0 Å². The highest BCUT2D eigenvalue weighted by Gasteiger charge is 2.27. The lowest BCUT2D eigenvalue weighted by Gasteiger charge is -2.23. The first-order chi connectivity index (χ1) is 6.09. The second-order valence-electron chi connectivity index (χ2n) is 3.60. The van der Waals surface area contributed by atoms with Gasteiger partial charge in [0.05, 0.1) is 0 Å². The molecular weight excluding hydrogens is 168 g/mol. The molecule has 13 heavy (non-hydrogen) atoms. The van der Waals surface area contributed by atoms with E-state index in [-0.39, 0.29) is 17.5 Å². The number of hydrogen-bond acceptors (Lipinski definition) is 3. The fourth-order valence-corrected chi connectivity index (χ4v) is 1.71. The van der Waals surface area contributed by atoms with Gasteiger partial charge in [-0.25, -0.2) is 0 Å². The number of carbonyl (C=O) groups excluding carboxylic acids is 3. The maximum absolute atomic E-state index is 11.0. The normalized spacial score (nSPS) is 27.4. The monoisotopic (exact) mass is 184 g/mol. The Labute approximate surface area is 78.5 Å². The lowest BCUT2D eigenvalue weighted by molar-refractivity contribution is -0.130. The number of carbonyl (C=O) groups is 3. The van der Waals surface area contributed by atoms with E-state index in [0.29, 0.717) is 18.8 Å². The summed E-state index contributed by atoms with van der Waals surface area (Å²) in [5, 5.41) is 0. The largest absolute Gasteiger partial charge is 0.307 e. The Kier molecular flexibility index (Phi) is 5.19. The summed E-state index contributed by atoms with van der Waals surface area (Å²) in [6.07, 6.45) is 2.06. The average molecular weight is 184 g/mol. The van der Waals surface area contributed by atoms with E-state index in [1.807, 2.05) is 13.7 Å². The topological polar surface area (TPSA) is 51.2 Å². The van der Waals surface area contributed by atoms with Crippen LogP contribution in [-0.2, 0) is 14.4 Å². The maximum Gasteiger partial charge on any atom is 0.133 e. The summed E-state index contributed by atoms with van der Waals surface area (Å²) in [5.74, 6) is 0.852. The quantitative estimate of drug-likeness (QED) is 0.619. The molecule has 3 nitrogen and oxygen atoms in total. The molecule has 0 N–H and O–H groups in total. The summed E-state index contributed by atoms with van der Waals surface area (Å²) in [6, 6.07) is 0. The predicted molar refractivity (Wildman–Crippen MR) is 49.3 cm³/mol. The first kappa shape index (κ1) is 12.0. The second kappa shape index (κ2) is 5.62. The molecule has 0 saturated heterocycles. The van der Waals surface area contributed by atoms with Gasteiger partial charge in [0.1, 0.15) is 18.4 Å². The van der Waals surface area contributed by atoms with Crippen molar-refractivity contribution in [3.63, 3.8) is 0 Å². The Hall–Kier alpha value is -0.990. The minimum absolute atomic E-state index is 0.0197. The maximum atomic E-state index is 11.0. The van der Waals surface area contributed by atoms with E-state index in [2.05, 4.69) is 0 Å². The van der Waals surface area contributed by atoms with Crippen molar-refractivity contribution in [3.8, 4) is 0 Å². The predicted octanol–water partition coefficient (Wildman–Crippen LogP) is 1.40. The van der Waals surface area contributed by atoms with Gasteiger partial charge in [0.25, 0.3) is 0 Å². The van der Waals surface area contributed by atoms with E-state index in [4.69, 9.17) is 4.79 Å². The number of Topliss-reactive ketones (excluding diaryl/α,β-unsaturated/α-hetero) is 2. The highest BCUT2D eigenvalue weighted by Crippen LogP contribution is 2.26. The summed E-state index contributed by atoms with van der Waals surface area (Å²) in [7, 11) is 0. The summed E-state index contributed by atoms with van der Waals surface area (Å²) in [6.45, 7) is 5.61. The molecule has 0 aromatic carbocycles. The lowest BCUT2D eigenvalue weighted by Crippen LogP contribution is -2.25. The van der Waals surface area contributed by atoms with Crippen molar-refractivity contribution in [2.45, 2.75) is 33.1 Å². The van der Waals surface area contributed by atoms with Crippen molar-refractivity contribution >= 4 is 18.4 Å². The molecule has 0 aliphatic heterocycles. The molecule has 1 aliphatic rings. The van der Waals surface area contributed by atoms with E-state index in [9.17, 15) is 9.59 Å². The SMILES string of the molecule is C=O.CC(=O)C1CC(=O)CC(C)C1. The van der Waals surface area contributed by atoms with Crippen molar-refractivity contribution in [2.75, 3.05) is 0 Å². The van der Waals surface area contributed by atoms with Crippen LogP contribution in [0.3, 0.4) is 0 Å². The molecule has 1 rings (SSSR count). The third-order valence-electron chi connectivity index (χ3n) is 2.31. The van der Waals surface area contributed by atoms with Gasteiger partial charge in [-0.05, 0) is 19.3 Å². The van der Waals surface area contributed by atoms with Gasteiger partial charge in [-0.1, -0.05) is 6.92 Å². The third kappa shape index (κ3) is 3.97. The Bertz CT molecular complexity index is 198. The average Bonchev–Trinajstić information content (AvgIpc) is 2.06. The third-order valence-corrected chi connectivity index (χ3v) is 2.31. The Morgan fingerprint density at radius 2 is 1.92 bits per heavy atom. The molecule has 2 unspecified atom stereocenters. The van der Waals surface area contributed by atoms with E-state index < -0.39 is 0 Å². The van der Waals surface area contributed by atoms with Gasteiger partial charge >= 0.3 is 0 Å². The van der Waals surface area contributed by atoms with Crippen LogP contribution in [0.1, 0.15) is 33.1 Å². The number of rotatable bonds is 1. The van der Waals surface area contributed by atoms with Gasteiger partial charge in [-0.3, -0.25) is 9.59 Å². The zero-order chi connectivity index (χ0) is 10.4. The molecule has 0 amide bonds. The fraction of sp³-hybridized carbons (Fsp3) is 0.700. The summed E-state index contributed by atoms with van der Waals surface area (Å²) in [4.78, 5) is 30.0. The number of ketones is 2. The van der Waals surface area contributed by atoms with Crippen LogP contribution in [0.4, 0.5) is 0 Å². The molecule has 0 aromatic rings. The van der Waals surface area contributed by atoms with Crippen molar-refractivity contribution in [1.82, 2.24) is 0 Å². The molecule has 1 fully saturated rings. The van der Waals surface area contributed by atoms with E-state index in [1.165, 1.54) is 0 Å². The Balaban J connectivity index is 0.000000671. The fourth-order valence-electron chi connectivity index (χ4n) is 1.71. The molecule has 0 radical (unpaired) electrons. The van der Waals surface area contributed by atoms with E-state index in [1.54, 1.807) is 6.92 Å². The first-order valence-electron chi connectivity index (χ1n) is 4.40. The molecule has 0 spiro atoms. The smallest absolute Gasteiger partial charge is 0.133 e. The van der Waals surface area contributed by atoms with Crippen LogP contribution in [0, 0.1) is 11.8 Å². The summed E-state index contributed by atoms with van der Waals surface area (Å²) in [5.41, 5.74) is 0. The Morgan fingerprint density at radius 3 is 2.31 bits per heavy atom. The minimum Gasteiger partial charge on any atom is -0.307 e. The molecular formula is C10H16O3. The highest BCUT2D eigenvalue weighted by molar-refractivity contribution is 5.87. The standard InChI is InChI=1S/C9H14O2.CH2O/c1-6-3-8(7(2)10)5-9(11)4-6;1-2/h6,8H,3-5H2,1-2H3;1H2. The van der Waals surface area contributed by atoms with Crippen molar-refractivity contribution < 1.29 is 14.4 Å². The molecule has 3 heteroatoms. The second-order valence-corrected chi connectivity index (χ2v) is 3.60. The zero-order valence-corrected chi connectivity index (χ0v) is 8.21. The van der Waals surface area contributed by atoms with Crippen LogP contribution in [-0.4, -0.2) is 18.4 Å². The van der Waals surface area contributed by atoms with Crippen LogP contribution < -0.4 is 0 Å². The minimum atomic E-state index is 0.0197. The zero-order valence-electron chi connectivity index (χ0n) is 8.21. The van der Waals surface area contributed by atoms with Gasteiger partial charge in [0.2, 0.25) is 0 Å². The van der Waals surface area contributed by atoms with E-state index >= 15 is 0 Å². The molecule has 1 saturated carbocycles.